The molecule has 6 heteroatoms. The zero-order valence-electron chi connectivity index (χ0n) is 12.6. The molecule has 0 aliphatic carbocycles. The topological polar surface area (TPSA) is 101 Å². The van der Waals surface area contributed by atoms with Gasteiger partial charge in [-0.25, -0.2) is 4.79 Å². The Balaban J connectivity index is 2.04. The van der Waals surface area contributed by atoms with E-state index in [-0.39, 0.29) is 11.7 Å². The second kappa shape index (κ2) is 7.22. The molecule has 4 N–H and O–H groups in total. The van der Waals surface area contributed by atoms with Gasteiger partial charge in [-0.3, -0.25) is 9.59 Å². The molecule has 0 heterocycles. The minimum Gasteiger partial charge on any atom is -0.352 e. The SMILES string of the molecule is CC(=O)c1cccc(NC(=O)c2ccc(CNC(N)=O)cc2)c1. The van der Waals surface area contributed by atoms with Crippen molar-refractivity contribution >= 4 is 23.4 Å². The Kier molecular flexibility index (Phi) is 5.09. The van der Waals surface area contributed by atoms with Crippen molar-refractivity contribution in [2.24, 2.45) is 5.73 Å². The van der Waals surface area contributed by atoms with Crippen LogP contribution in [0.4, 0.5) is 10.5 Å². The molecule has 6 nitrogen and oxygen atoms in total. The molecule has 0 bridgehead atoms. The maximum Gasteiger partial charge on any atom is 0.312 e. The number of carbonyl (C=O) groups excluding carboxylic acids is 3. The van der Waals surface area contributed by atoms with Crippen LogP contribution in [-0.2, 0) is 6.54 Å². The number of primary amides is 1. The molecule has 0 spiro atoms. The van der Waals surface area contributed by atoms with Gasteiger partial charge >= 0.3 is 6.03 Å². The third kappa shape index (κ3) is 4.67. The lowest BCUT2D eigenvalue weighted by molar-refractivity contribution is 0.101. The molecule has 2 rings (SSSR count). The van der Waals surface area contributed by atoms with Gasteiger partial charge in [-0.1, -0.05) is 24.3 Å². The van der Waals surface area contributed by atoms with Crippen molar-refractivity contribution in [3.05, 3.63) is 65.2 Å². The standard InChI is InChI=1S/C17H17N3O3/c1-11(21)14-3-2-4-15(9-14)20-16(22)13-7-5-12(6-8-13)10-19-17(18)23/h2-9H,10H2,1H3,(H,20,22)(H3,18,19,23). The zero-order chi connectivity index (χ0) is 16.8. The van der Waals surface area contributed by atoms with Crippen LogP contribution in [0.5, 0.6) is 0 Å². The van der Waals surface area contributed by atoms with Crippen molar-refractivity contribution < 1.29 is 14.4 Å². The number of carbonyl (C=O) groups is 3. The van der Waals surface area contributed by atoms with E-state index >= 15 is 0 Å². The summed E-state index contributed by atoms with van der Waals surface area (Å²) in [7, 11) is 0. The fourth-order valence-corrected chi connectivity index (χ4v) is 1.98. The summed E-state index contributed by atoms with van der Waals surface area (Å²) >= 11 is 0. The van der Waals surface area contributed by atoms with Gasteiger partial charge in [0.15, 0.2) is 5.78 Å². The molecule has 0 unspecified atom stereocenters. The Morgan fingerprint density at radius 1 is 1.00 bits per heavy atom. The molecule has 2 aromatic rings. The van der Waals surface area contributed by atoms with E-state index in [4.69, 9.17) is 5.73 Å². The lowest BCUT2D eigenvalue weighted by atomic mass is 10.1. The number of rotatable bonds is 5. The lowest BCUT2D eigenvalue weighted by Gasteiger charge is -2.07. The third-order valence-corrected chi connectivity index (χ3v) is 3.21. The summed E-state index contributed by atoms with van der Waals surface area (Å²) < 4.78 is 0. The first-order valence-electron chi connectivity index (χ1n) is 7.00. The minimum atomic E-state index is -0.600. The highest BCUT2D eigenvalue weighted by Crippen LogP contribution is 2.13. The fraction of sp³-hybridized carbons (Fsp3) is 0.118. The van der Waals surface area contributed by atoms with Crippen molar-refractivity contribution in [3.8, 4) is 0 Å². The van der Waals surface area contributed by atoms with Gasteiger partial charge in [0.1, 0.15) is 0 Å². The Labute approximate surface area is 133 Å². The van der Waals surface area contributed by atoms with Gasteiger partial charge in [0, 0.05) is 23.4 Å². The zero-order valence-corrected chi connectivity index (χ0v) is 12.6. The number of nitrogens with one attached hydrogen (secondary N) is 2. The molecular weight excluding hydrogens is 294 g/mol. The smallest absolute Gasteiger partial charge is 0.312 e. The number of benzene rings is 2. The average Bonchev–Trinajstić information content (AvgIpc) is 2.53. The van der Waals surface area contributed by atoms with Gasteiger partial charge in [0.05, 0.1) is 0 Å². The molecule has 0 aliphatic rings. The van der Waals surface area contributed by atoms with Gasteiger partial charge in [-0.05, 0) is 36.8 Å². The predicted octanol–water partition coefficient (Wildman–Crippen LogP) is 2.31. The van der Waals surface area contributed by atoms with Crippen LogP contribution >= 0.6 is 0 Å². The third-order valence-electron chi connectivity index (χ3n) is 3.21. The summed E-state index contributed by atoms with van der Waals surface area (Å²) in [5.74, 6) is -0.340. The van der Waals surface area contributed by atoms with Crippen LogP contribution < -0.4 is 16.4 Å². The molecule has 118 valence electrons. The Morgan fingerprint density at radius 3 is 2.30 bits per heavy atom. The predicted molar refractivity (Wildman–Crippen MR) is 87.3 cm³/mol. The van der Waals surface area contributed by atoms with E-state index < -0.39 is 6.03 Å². The quantitative estimate of drug-likeness (QED) is 0.738. The normalized spacial score (nSPS) is 9.96. The van der Waals surface area contributed by atoms with E-state index in [1.54, 1.807) is 48.5 Å². The van der Waals surface area contributed by atoms with Gasteiger partial charge in [0.2, 0.25) is 0 Å². The Hall–Kier alpha value is -3.15. The average molecular weight is 311 g/mol. The first kappa shape index (κ1) is 16.2. The number of urea groups is 1. The summed E-state index contributed by atoms with van der Waals surface area (Å²) in [5, 5.41) is 5.22. The fourth-order valence-electron chi connectivity index (χ4n) is 1.98. The number of nitrogens with two attached hydrogens (primary N) is 1. The van der Waals surface area contributed by atoms with Crippen molar-refractivity contribution in [1.82, 2.24) is 5.32 Å². The molecule has 0 aromatic heterocycles. The summed E-state index contributed by atoms with van der Waals surface area (Å²) in [6.45, 7) is 1.78. The molecule has 3 amide bonds. The molecule has 0 atom stereocenters. The highest BCUT2D eigenvalue weighted by Gasteiger charge is 2.07. The van der Waals surface area contributed by atoms with Crippen molar-refractivity contribution in [1.29, 1.82) is 0 Å². The first-order chi connectivity index (χ1) is 11.0. The number of hydrogen-bond donors (Lipinski definition) is 3. The number of Topliss-reactive ketones (excluding diaryl/α,β-unsaturated/α-hetero) is 1. The van der Waals surface area contributed by atoms with E-state index in [1.165, 1.54) is 6.92 Å². The van der Waals surface area contributed by atoms with Crippen LogP contribution in [0.25, 0.3) is 0 Å². The molecule has 23 heavy (non-hydrogen) atoms. The van der Waals surface area contributed by atoms with Crippen LogP contribution in [0.15, 0.2) is 48.5 Å². The molecule has 0 fully saturated rings. The molecule has 0 saturated heterocycles. The van der Waals surface area contributed by atoms with Crippen LogP contribution in [-0.4, -0.2) is 17.7 Å². The van der Waals surface area contributed by atoms with Gasteiger partial charge < -0.3 is 16.4 Å². The maximum atomic E-state index is 12.2. The van der Waals surface area contributed by atoms with E-state index in [0.717, 1.165) is 5.56 Å². The summed E-state index contributed by atoms with van der Waals surface area (Å²) in [6.07, 6.45) is 0. The van der Waals surface area contributed by atoms with Crippen molar-refractivity contribution in [2.45, 2.75) is 13.5 Å². The number of amides is 3. The molecule has 0 aliphatic heterocycles. The second-order valence-electron chi connectivity index (χ2n) is 5.01. The maximum absolute atomic E-state index is 12.2. The number of hydrogen-bond acceptors (Lipinski definition) is 3. The number of ketones is 1. The van der Waals surface area contributed by atoms with Crippen molar-refractivity contribution in [2.75, 3.05) is 5.32 Å². The Morgan fingerprint density at radius 2 is 1.70 bits per heavy atom. The van der Waals surface area contributed by atoms with Gasteiger partial charge in [0.25, 0.3) is 5.91 Å². The number of anilines is 1. The van der Waals surface area contributed by atoms with Crippen LogP contribution in [0.3, 0.4) is 0 Å². The van der Waals surface area contributed by atoms with Gasteiger partial charge in [-0.15, -0.1) is 0 Å². The lowest BCUT2D eigenvalue weighted by Crippen LogP contribution is -2.28. The molecule has 0 radical (unpaired) electrons. The van der Waals surface area contributed by atoms with E-state index in [9.17, 15) is 14.4 Å². The van der Waals surface area contributed by atoms with Crippen LogP contribution in [0.2, 0.25) is 0 Å². The molecule has 2 aromatic carbocycles. The molecular formula is C17H17N3O3. The van der Waals surface area contributed by atoms with Crippen LogP contribution in [0, 0.1) is 0 Å². The Bertz CT molecular complexity index is 739. The summed E-state index contributed by atoms with van der Waals surface area (Å²) in [6, 6.07) is 12.9. The van der Waals surface area contributed by atoms with Gasteiger partial charge in [-0.2, -0.15) is 0 Å². The molecule has 0 saturated carbocycles. The minimum absolute atomic E-state index is 0.0626. The summed E-state index contributed by atoms with van der Waals surface area (Å²) in [4.78, 5) is 34.2. The monoisotopic (exact) mass is 311 g/mol. The van der Waals surface area contributed by atoms with E-state index in [0.29, 0.717) is 23.4 Å². The highest BCUT2D eigenvalue weighted by molar-refractivity contribution is 6.05. The van der Waals surface area contributed by atoms with E-state index in [2.05, 4.69) is 10.6 Å². The highest BCUT2D eigenvalue weighted by atomic mass is 16.2. The van der Waals surface area contributed by atoms with E-state index in [1.807, 2.05) is 0 Å². The van der Waals surface area contributed by atoms with Crippen LogP contribution in [0.1, 0.15) is 33.2 Å². The largest absolute Gasteiger partial charge is 0.352 e. The van der Waals surface area contributed by atoms with Crippen molar-refractivity contribution in [3.63, 3.8) is 0 Å². The first-order valence-corrected chi connectivity index (χ1v) is 7.00. The second-order valence-corrected chi connectivity index (χ2v) is 5.01. The summed E-state index contributed by atoms with van der Waals surface area (Å²) in [5.41, 5.74) is 7.40.